The summed E-state index contributed by atoms with van der Waals surface area (Å²) in [7, 11) is 0. The van der Waals surface area contributed by atoms with Crippen molar-refractivity contribution < 1.29 is 24.3 Å². The third kappa shape index (κ3) is 5.89. The first-order valence-corrected chi connectivity index (χ1v) is 10.5. The van der Waals surface area contributed by atoms with Crippen molar-refractivity contribution in [3.63, 3.8) is 0 Å². The molecule has 1 aliphatic heterocycles. The van der Waals surface area contributed by atoms with E-state index in [1.807, 2.05) is 0 Å². The molecule has 0 radical (unpaired) electrons. The van der Waals surface area contributed by atoms with Gasteiger partial charge in [-0.1, -0.05) is 35.3 Å². The van der Waals surface area contributed by atoms with Crippen molar-refractivity contribution in [3.8, 4) is 0 Å². The minimum absolute atomic E-state index is 0.137. The summed E-state index contributed by atoms with van der Waals surface area (Å²) in [4.78, 5) is 49.3. The molecule has 1 heterocycles. The van der Waals surface area contributed by atoms with E-state index in [1.54, 1.807) is 12.1 Å². The van der Waals surface area contributed by atoms with Crippen LogP contribution in [0.4, 0.5) is 15.3 Å². The number of amides is 5. The van der Waals surface area contributed by atoms with Crippen molar-refractivity contribution in [2.75, 3.05) is 18.4 Å². The number of rotatable bonds is 4. The van der Waals surface area contributed by atoms with Gasteiger partial charge in [0.1, 0.15) is 0 Å². The Morgan fingerprint density at radius 3 is 2.28 bits per heavy atom. The van der Waals surface area contributed by atoms with Crippen LogP contribution in [0.2, 0.25) is 10.0 Å². The maximum Gasteiger partial charge on any atom is 0.407 e. The first kappa shape index (κ1) is 23.4. The molecule has 11 heteroatoms. The molecule has 0 saturated carbocycles. The number of anilines is 1. The van der Waals surface area contributed by atoms with E-state index in [2.05, 4.69) is 16.0 Å². The highest BCUT2D eigenvalue weighted by molar-refractivity contribution is 6.35. The Balaban J connectivity index is 1.61. The zero-order valence-corrected chi connectivity index (χ0v) is 18.2. The summed E-state index contributed by atoms with van der Waals surface area (Å²) in [5.74, 6) is -1.07. The first-order chi connectivity index (χ1) is 15.2. The number of carbonyl (C=O) groups excluding carboxylic acids is 3. The van der Waals surface area contributed by atoms with Crippen LogP contribution in [0.15, 0.2) is 42.5 Å². The molecule has 9 nitrogen and oxygen atoms in total. The van der Waals surface area contributed by atoms with Crippen LogP contribution < -0.4 is 16.0 Å². The van der Waals surface area contributed by atoms with Crippen LogP contribution in [-0.4, -0.2) is 53.1 Å². The number of halogens is 2. The number of carboxylic acid groups (broad SMARTS) is 1. The van der Waals surface area contributed by atoms with Gasteiger partial charge in [-0.15, -0.1) is 0 Å². The monoisotopic (exact) mass is 478 g/mol. The van der Waals surface area contributed by atoms with Crippen LogP contribution in [0.25, 0.3) is 0 Å². The lowest BCUT2D eigenvalue weighted by atomic mass is 10.0. The lowest BCUT2D eigenvalue weighted by Crippen LogP contribution is -2.46. The van der Waals surface area contributed by atoms with Gasteiger partial charge in [0.05, 0.1) is 21.3 Å². The fraction of sp³-hybridized carbons (Fsp3) is 0.238. The SMILES string of the molecule is O=C(NC(=O)c1ccccc1Cl)Nc1cc(C(=O)NC2CCN(C(=O)O)CC2)ccc1Cl. The van der Waals surface area contributed by atoms with E-state index in [0.717, 1.165) is 0 Å². The minimum Gasteiger partial charge on any atom is -0.465 e. The van der Waals surface area contributed by atoms with Gasteiger partial charge in [-0.05, 0) is 43.2 Å². The first-order valence-electron chi connectivity index (χ1n) is 9.69. The molecule has 168 valence electrons. The molecular weight excluding hydrogens is 459 g/mol. The van der Waals surface area contributed by atoms with E-state index < -0.39 is 18.0 Å². The molecule has 4 N–H and O–H groups in total. The Bertz CT molecular complexity index is 1050. The smallest absolute Gasteiger partial charge is 0.407 e. The average molecular weight is 479 g/mol. The molecule has 0 atom stereocenters. The number of urea groups is 1. The Morgan fingerprint density at radius 2 is 1.62 bits per heavy atom. The van der Waals surface area contributed by atoms with Crippen molar-refractivity contribution in [2.24, 2.45) is 0 Å². The molecule has 2 aromatic rings. The summed E-state index contributed by atoms with van der Waals surface area (Å²) >= 11 is 12.1. The van der Waals surface area contributed by atoms with Gasteiger partial charge in [-0.3, -0.25) is 14.9 Å². The molecule has 0 spiro atoms. The number of hydrogen-bond donors (Lipinski definition) is 4. The van der Waals surface area contributed by atoms with Gasteiger partial charge in [0.2, 0.25) is 0 Å². The van der Waals surface area contributed by atoms with Crippen molar-refractivity contribution in [1.29, 1.82) is 0 Å². The number of piperidine rings is 1. The largest absolute Gasteiger partial charge is 0.465 e. The van der Waals surface area contributed by atoms with Crippen LogP contribution in [0.5, 0.6) is 0 Å². The molecular formula is C21H20Cl2N4O5. The van der Waals surface area contributed by atoms with Crippen molar-refractivity contribution in [1.82, 2.24) is 15.5 Å². The summed E-state index contributed by atoms with van der Waals surface area (Å²) in [6.07, 6.45) is 0.0292. The van der Waals surface area contributed by atoms with Gasteiger partial charge in [0.15, 0.2) is 0 Å². The Kier molecular flexibility index (Phi) is 7.55. The third-order valence-corrected chi connectivity index (χ3v) is 5.58. The standard InChI is InChI=1S/C21H20Cl2N4O5/c22-15-4-2-1-3-14(15)19(29)26-20(30)25-17-11-12(5-6-16(17)23)18(28)24-13-7-9-27(10-8-13)21(31)32/h1-6,11,13H,7-10H2,(H,24,28)(H,31,32)(H2,25,26,29,30). The Labute approximate surface area is 193 Å². The molecule has 2 aromatic carbocycles. The van der Waals surface area contributed by atoms with Gasteiger partial charge in [-0.25, -0.2) is 9.59 Å². The van der Waals surface area contributed by atoms with Gasteiger partial charge in [0, 0.05) is 24.7 Å². The molecule has 1 saturated heterocycles. The van der Waals surface area contributed by atoms with Crippen LogP contribution in [0.3, 0.4) is 0 Å². The van der Waals surface area contributed by atoms with E-state index in [1.165, 1.54) is 35.2 Å². The molecule has 0 bridgehead atoms. The van der Waals surface area contributed by atoms with Gasteiger partial charge in [-0.2, -0.15) is 0 Å². The third-order valence-electron chi connectivity index (χ3n) is 4.92. The van der Waals surface area contributed by atoms with Gasteiger partial charge >= 0.3 is 12.1 Å². The second-order valence-electron chi connectivity index (χ2n) is 7.10. The summed E-state index contributed by atoms with van der Waals surface area (Å²) in [5, 5.41) is 16.8. The fourth-order valence-electron chi connectivity index (χ4n) is 3.22. The summed E-state index contributed by atoms with van der Waals surface area (Å²) in [5.41, 5.74) is 0.532. The number of hydrogen-bond acceptors (Lipinski definition) is 4. The predicted octanol–water partition coefficient (Wildman–Crippen LogP) is 3.83. The number of likely N-dealkylation sites (tertiary alicyclic amines) is 1. The Hall–Kier alpha value is -3.30. The highest BCUT2D eigenvalue weighted by Crippen LogP contribution is 2.23. The second kappa shape index (κ2) is 10.3. The predicted molar refractivity (Wildman–Crippen MR) is 119 cm³/mol. The summed E-state index contributed by atoms with van der Waals surface area (Å²) in [6, 6.07) is 9.62. The topological polar surface area (TPSA) is 128 Å². The van der Waals surface area contributed by atoms with Crippen LogP contribution >= 0.6 is 23.2 Å². The number of nitrogens with zero attached hydrogens (tertiary/aromatic N) is 1. The quantitative estimate of drug-likeness (QED) is 0.530. The lowest BCUT2D eigenvalue weighted by molar-refractivity contribution is 0.0905. The zero-order chi connectivity index (χ0) is 23.3. The fourth-order valence-corrected chi connectivity index (χ4v) is 3.60. The van der Waals surface area contributed by atoms with Crippen molar-refractivity contribution in [3.05, 3.63) is 63.6 Å². The second-order valence-corrected chi connectivity index (χ2v) is 7.91. The minimum atomic E-state index is -0.977. The lowest BCUT2D eigenvalue weighted by Gasteiger charge is -2.30. The molecule has 1 aliphatic rings. The van der Waals surface area contributed by atoms with Gasteiger partial charge < -0.3 is 20.6 Å². The number of benzene rings is 2. The van der Waals surface area contributed by atoms with E-state index in [4.69, 9.17) is 28.3 Å². The molecule has 0 unspecified atom stereocenters. The number of nitrogens with one attached hydrogen (secondary N) is 3. The molecule has 3 rings (SSSR count). The van der Waals surface area contributed by atoms with Crippen molar-refractivity contribution >= 4 is 52.8 Å². The molecule has 0 aliphatic carbocycles. The van der Waals surface area contributed by atoms with E-state index >= 15 is 0 Å². The maximum atomic E-state index is 12.6. The molecule has 5 amide bonds. The highest BCUT2D eigenvalue weighted by atomic mass is 35.5. The zero-order valence-electron chi connectivity index (χ0n) is 16.7. The van der Waals surface area contributed by atoms with Crippen molar-refractivity contribution in [2.45, 2.75) is 18.9 Å². The maximum absolute atomic E-state index is 12.6. The normalized spacial score (nSPS) is 13.9. The number of imide groups is 1. The van der Waals surface area contributed by atoms with Crippen LogP contribution in [0.1, 0.15) is 33.6 Å². The van der Waals surface area contributed by atoms with Crippen LogP contribution in [0, 0.1) is 0 Å². The molecule has 0 aromatic heterocycles. The van der Waals surface area contributed by atoms with Crippen LogP contribution in [-0.2, 0) is 0 Å². The van der Waals surface area contributed by atoms with E-state index in [-0.39, 0.29) is 38.8 Å². The van der Waals surface area contributed by atoms with Gasteiger partial charge in [0.25, 0.3) is 11.8 Å². The highest BCUT2D eigenvalue weighted by Gasteiger charge is 2.24. The van der Waals surface area contributed by atoms with E-state index in [0.29, 0.717) is 25.9 Å². The number of carbonyl (C=O) groups is 4. The Morgan fingerprint density at radius 1 is 0.938 bits per heavy atom. The summed E-state index contributed by atoms with van der Waals surface area (Å²) < 4.78 is 0. The summed E-state index contributed by atoms with van der Waals surface area (Å²) in [6.45, 7) is 0.681. The van der Waals surface area contributed by atoms with E-state index in [9.17, 15) is 19.2 Å². The average Bonchev–Trinajstić information content (AvgIpc) is 2.75. The molecule has 32 heavy (non-hydrogen) atoms. The molecule has 1 fully saturated rings.